The van der Waals surface area contributed by atoms with Crippen molar-refractivity contribution in [2.75, 3.05) is 38.4 Å². The number of carbonyl (C=O) groups is 1. The Hall–Kier alpha value is -3.24. The molecule has 2 aliphatic heterocycles. The molecule has 0 saturated heterocycles. The van der Waals surface area contributed by atoms with Crippen LogP contribution >= 0.6 is 12.2 Å². The maximum absolute atomic E-state index is 14.0. The summed E-state index contributed by atoms with van der Waals surface area (Å²) in [5, 5.41) is 3.34. The highest BCUT2D eigenvalue weighted by atomic mass is 32.1. The SMILES string of the molecule is COCCOC(=O)C1=C(C)N(c2ccc3c(c2)OCCO3)C(=S)NC1c1ccc(F)c(F)c1. The van der Waals surface area contributed by atoms with Crippen molar-refractivity contribution in [3.05, 3.63) is 64.9 Å². The van der Waals surface area contributed by atoms with Crippen molar-refractivity contribution >= 4 is 29.0 Å². The van der Waals surface area contributed by atoms with Gasteiger partial charge in [-0.3, -0.25) is 4.90 Å². The van der Waals surface area contributed by atoms with Crippen molar-refractivity contribution in [3.63, 3.8) is 0 Å². The quantitative estimate of drug-likeness (QED) is 0.385. The molecule has 1 unspecified atom stereocenters. The summed E-state index contributed by atoms with van der Waals surface area (Å²) in [7, 11) is 1.49. The highest BCUT2D eigenvalue weighted by Crippen LogP contribution is 2.39. The van der Waals surface area contributed by atoms with Crippen LogP contribution in [0.2, 0.25) is 0 Å². The third-order valence-electron chi connectivity index (χ3n) is 5.29. The van der Waals surface area contributed by atoms with Gasteiger partial charge in [-0.2, -0.15) is 0 Å². The second-order valence-corrected chi connectivity index (χ2v) is 7.73. The second-order valence-electron chi connectivity index (χ2n) is 7.35. The number of methoxy groups -OCH3 is 1. The van der Waals surface area contributed by atoms with E-state index in [4.69, 9.17) is 31.2 Å². The van der Waals surface area contributed by atoms with Crippen molar-refractivity contribution < 1.29 is 32.5 Å². The second kappa shape index (κ2) is 9.72. The van der Waals surface area contributed by atoms with Crippen LogP contribution in [-0.4, -0.2) is 44.6 Å². The van der Waals surface area contributed by atoms with Crippen molar-refractivity contribution in [1.29, 1.82) is 0 Å². The molecule has 0 aliphatic carbocycles. The summed E-state index contributed by atoms with van der Waals surface area (Å²) in [4.78, 5) is 14.7. The topological polar surface area (TPSA) is 69.3 Å². The van der Waals surface area contributed by atoms with Gasteiger partial charge in [-0.15, -0.1) is 0 Å². The number of rotatable bonds is 6. The van der Waals surface area contributed by atoms with Gasteiger partial charge in [0.1, 0.15) is 19.8 Å². The molecule has 2 aromatic rings. The summed E-state index contributed by atoms with van der Waals surface area (Å²) < 4.78 is 49.1. The van der Waals surface area contributed by atoms with Crippen molar-refractivity contribution in [2.24, 2.45) is 0 Å². The Bertz CT molecular complexity index is 1120. The van der Waals surface area contributed by atoms with Crippen LogP contribution in [0.15, 0.2) is 47.7 Å². The van der Waals surface area contributed by atoms with E-state index < -0.39 is 23.6 Å². The van der Waals surface area contributed by atoms with E-state index in [0.29, 0.717) is 41.7 Å². The zero-order valence-corrected chi connectivity index (χ0v) is 18.8. The summed E-state index contributed by atoms with van der Waals surface area (Å²) in [5.74, 6) is -1.47. The number of anilines is 1. The Balaban J connectivity index is 1.77. The highest BCUT2D eigenvalue weighted by molar-refractivity contribution is 7.80. The molecule has 174 valence electrons. The summed E-state index contributed by atoms with van der Waals surface area (Å²) in [5.41, 5.74) is 1.66. The monoisotopic (exact) mass is 476 g/mol. The molecule has 2 aliphatic rings. The van der Waals surface area contributed by atoms with E-state index in [2.05, 4.69) is 5.32 Å². The van der Waals surface area contributed by atoms with Crippen LogP contribution in [0.5, 0.6) is 11.5 Å². The van der Waals surface area contributed by atoms with Crippen molar-refractivity contribution in [3.8, 4) is 11.5 Å². The van der Waals surface area contributed by atoms with E-state index in [9.17, 15) is 13.6 Å². The number of fused-ring (bicyclic) bond motifs is 1. The fourth-order valence-corrected chi connectivity index (χ4v) is 4.09. The fraction of sp³-hybridized carbons (Fsp3) is 0.304. The zero-order chi connectivity index (χ0) is 23.5. The van der Waals surface area contributed by atoms with E-state index in [1.54, 1.807) is 30.0 Å². The minimum atomic E-state index is -1.03. The molecular weight excluding hydrogens is 454 g/mol. The Morgan fingerprint density at radius 2 is 1.88 bits per heavy atom. The minimum Gasteiger partial charge on any atom is -0.486 e. The number of allylic oxidation sites excluding steroid dienone is 1. The highest BCUT2D eigenvalue weighted by Gasteiger charge is 2.36. The molecule has 4 rings (SSSR count). The largest absolute Gasteiger partial charge is 0.486 e. The fourth-order valence-electron chi connectivity index (χ4n) is 3.73. The first-order valence-electron chi connectivity index (χ1n) is 10.2. The zero-order valence-electron chi connectivity index (χ0n) is 18.0. The molecule has 2 heterocycles. The lowest BCUT2D eigenvalue weighted by Gasteiger charge is -2.37. The summed E-state index contributed by atoms with van der Waals surface area (Å²) in [6.07, 6.45) is 0. The lowest BCUT2D eigenvalue weighted by Crippen LogP contribution is -2.48. The van der Waals surface area contributed by atoms with Gasteiger partial charge >= 0.3 is 5.97 Å². The van der Waals surface area contributed by atoms with E-state index in [1.807, 2.05) is 0 Å². The normalized spacial score (nSPS) is 17.6. The van der Waals surface area contributed by atoms with Gasteiger partial charge in [0.15, 0.2) is 28.2 Å². The van der Waals surface area contributed by atoms with Crippen LogP contribution in [0.1, 0.15) is 18.5 Å². The van der Waals surface area contributed by atoms with Crippen molar-refractivity contribution in [1.82, 2.24) is 5.32 Å². The molecule has 0 radical (unpaired) electrons. The van der Waals surface area contributed by atoms with Crippen LogP contribution in [0.4, 0.5) is 14.5 Å². The van der Waals surface area contributed by atoms with Gasteiger partial charge in [0, 0.05) is 18.9 Å². The number of hydrogen-bond donors (Lipinski definition) is 1. The van der Waals surface area contributed by atoms with Gasteiger partial charge in [0.2, 0.25) is 0 Å². The maximum Gasteiger partial charge on any atom is 0.338 e. The van der Waals surface area contributed by atoms with Gasteiger partial charge in [0.25, 0.3) is 0 Å². The number of benzene rings is 2. The predicted octanol–water partition coefficient (Wildman–Crippen LogP) is 3.64. The van der Waals surface area contributed by atoms with Gasteiger partial charge in [0.05, 0.1) is 23.9 Å². The standard InChI is InChI=1S/C23H22F2N2O5S/c1-13-20(22(28)32-8-7-29-2)21(14-3-5-16(24)17(25)11-14)26-23(33)27(13)15-4-6-18-19(12-15)31-10-9-30-18/h3-6,11-12,21H,7-10H2,1-2H3,(H,26,33). The van der Waals surface area contributed by atoms with Crippen LogP contribution in [-0.2, 0) is 14.3 Å². The van der Waals surface area contributed by atoms with Gasteiger partial charge in [-0.1, -0.05) is 6.07 Å². The third kappa shape index (κ3) is 4.62. The third-order valence-corrected chi connectivity index (χ3v) is 5.59. The first-order valence-corrected chi connectivity index (χ1v) is 10.6. The van der Waals surface area contributed by atoms with E-state index in [0.717, 1.165) is 12.1 Å². The lowest BCUT2D eigenvalue weighted by atomic mass is 9.94. The average molecular weight is 477 g/mol. The number of ether oxygens (including phenoxy) is 4. The summed E-state index contributed by atoms with van der Waals surface area (Å²) in [6.45, 7) is 2.84. The number of halogens is 2. The molecule has 0 saturated carbocycles. The van der Waals surface area contributed by atoms with Gasteiger partial charge in [-0.05, 0) is 49.0 Å². The van der Waals surface area contributed by atoms with Crippen molar-refractivity contribution in [2.45, 2.75) is 13.0 Å². The van der Waals surface area contributed by atoms with E-state index in [1.165, 1.54) is 13.2 Å². The number of nitrogens with zero attached hydrogens (tertiary/aromatic N) is 1. The molecule has 10 heteroatoms. The van der Waals surface area contributed by atoms with E-state index in [-0.39, 0.29) is 23.9 Å². The smallest absolute Gasteiger partial charge is 0.338 e. The molecule has 0 fully saturated rings. The lowest BCUT2D eigenvalue weighted by molar-refractivity contribution is -0.140. The Labute approximate surface area is 194 Å². The molecule has 33 heavy (non-hydrogen) atoms. The van der Waals surface area contributed by atoms with Crippen LogP contribution in [0.25, 0.3) is 0 Å². The molecule has 0 bridgehead atoms. The number of carbonyl (C=O) groups excluding carboxylic acids is 1. The average Bonchev–Trinajstić information content (AvgIpc) is 2.80. The molecule has 0 aromatic heterocycles. The molecule has 1 N–H and O–H groups in total. The molecule has 2 aromatic carbocycles. The van der Waals surface area contributed by atoms with Gasteiger partial charge < -0.3 is 24.3 Å². The summed E-state index contributed by atoms with van der Waals surface area (Å²) >= 11 is 5.59. The Morgan fingerprint density at radius 1 is 1.12 bits per heavy atom. The number of esters is 1. The Kier molecular flexibility index (Phi) is 6.75. The predicted molar refractivity (Wildman–Crippen MR) is 120 cm³/mol. The Morgan fingerprint density at radius 3 is 2.61 bits per heavy atom. The van der Waals surface area contributed by atoms with Crippen LogP contribution in [0.3, 0.4) is 0 Å². The van der Waals surface area contributed by atoms with E-state index >= 15 is 0 Å². The molecule has 7 nitrogen and oxygen atoms in total. The molecular formula is C23H22F2N2O5S. The first-order chi connectivity index (χ1) is 15.9. The van der Waals surface area contributed by atoms with Gasteiger partial charge in [-0.25, -0.2) is 13.6 Å². The molecule has 0 amide bonds. The first kappa shape index (κ1) is 22.9. The summed E-state index contributed by atoms with van der Waals surface area (Å²) in [6, 6.07) is 7.91. The molecule has 0 spiro atoms. The number of hydrogen-bond acceptors (Lipinski definition) is 6. The van der Waals surface area contributed by atoms with Crippen LogP contribution in [0, 0.1) is 11.6 Å². The molecule has 1 atom stereocenters. The number of nitrogens with one attached hydrogen (secondary N) is 1. The number of thiocarbonyl (C=S) groups is 1. The minimum absolute atomic E-state index is 0.0328. The maximum atomic E-state index is 14.0. The van der Waals surface area contributed by atoms with Crippen LogP contribution < -0.4 is 19.7 Å².